The Bertz CT molecular complexity index is 1370. The molecule has 0 saturated carbocycles. The van der Waals surface area contributed by atoms with Crippen molar-refractivity contribution in [2.24, 2.45) is 0 Å². The summed E-state index contributed by atoms with van der Waals surface area (Å²) in [6.45, 7) is 2.69. The highest BCUT2D eigenvalue weighted by atomic mass is 35.5. The first-order chi connectivity index (χ1) is 18.4. The van der Waals surface area contributed by atoms with Crippen molar-refractivity contribution in [3.05, 3.63) is 82.9 Å². The molecule has 0 unspecified atom stereocenters. The molecule has 3 aromatic carbocycles. The first kappa shape index (κ1) is 26.6. The lowest BCUT2D eigenvalue weighted by Gasteiger charge is -2.26. The summed E-state index contributed by atoms with van der Waals surface area (Å²) in [5.41, 5.74) is 0.584. The van der Waals surface area contributed by atoms with Gasteiger partial charge >= 0.3 is 6.03 Å². The van der Waals surface area contributed by atoms with Crippen LogP contribution in [-0.2, 0) is 9.59 Å². The van der Waals surface area contributed by atoms with Crippen LogP contribution in [-0.4, -0.2) is 44.8 Å². The van der Waals surface area contributed by atoms with Crippen LogP contribution in [0.4, 0.5) is 10.5 Å². The average Bonchev–Trinajstić information content (AvgIpc) is 2.91. The fraction of sp³-hybridized carbons (Fsp3) is 0.179. The molecule has 196 valence electrons. The summed E-state index contributed by atoms with van der Waals surface area (Å²) < 4.78 is 22.6. The Morgan fingerprint density at radius 1 is 0.842 bits per heavy atom. The van der Waals surface area contributed by atoms with Gasteiger partial charge in [-0.25, -0.2) is 9.69 Å². The highest BCUT2D eigenvalue weighted by Crippen LogP contribution is 2.31. The van der Waals surface area contributed by atoms with Gasteiger partial charge < -0.3 is 18.9 Å². The lowest BCUT2D eigenvalue weighted by atomic mass is 10.1. The van der Waals surface area contributed by atoms with Crippen LogP contribution in [0, 0.1) is 0 Å². The molecule has 0 aromatic heterocycles. The molecule has 10 heteroatoms. The molecule has 1 aliphatic rings. The van der Waals surface area contributed by atoms with Gasteiger partial charge in [-0.1, -0.05) is 29.8 Å². The van der Waals surface area contributed by atoms with Crippen LogP contribution in [0.1, 0.15) is 12.5 Å². The standard InChI is InChI=1S/C28H25ClN2O7/c1-3-36-25-17-18(8-13-24(25)38-15-14-37-23-7-5-4-6-22(23)35-2)16-21-26(32)30-28(34)31(27(21)33)20-11-9-19(29)10-12-20/h4-13,16-17H,3,14-15H2,1-2H3,(H,30,32,34)/b21-16+. The van der Waals surface area contributed by atoms with Gasteiger partial charge in [-0.15, -0.1) is 0 Å². The fourth-order valence-corrected chi connectivity index (χ4v) is 3.82. The molecule has 0 radical (unpaired) electrons. The van der Waals surface area contributed by atoms with Crippen molar-refractivity contribution in [2.45, 2.75) is 6.92 Å². The second-order valence-corrected chi connectivity index (χ2v) is 8.36. The summed E-state index contributed by atoms with van der Waals surface area (Å²) in [4.78, 5) is 38.9. The van der Waals surface area contributed by atoms with Gasteiger partial charge in [0.25, 0.3) is 11.8 Å². The van der Waals surface area contributed by atoms with Crippen molar-refractivity contribution in [3.8, 4) is 23.0 Å². The van der Waals surface area contributed by atoms with Crippen LogP contribution in [0.15, 0.2) is 72.3 Å². The number of anilines is 1. The van der Waals surface area contributed by atoms with Gasteiger partial charge in [0.05, 0.1) is 19.4 Å². The highest BCUT2D eigenvalue weighted by Gasteiger charge is 2.36. The predicted molar refractivity (Wildman–Crippen MR) is 142 cm³/mol. The minimum absolute atomic E-state index is 0.208. The Kier molecular flexibility index (Phi) is 8.50. The number of nitrogens with zero attached hydrogens (tertiary/aromatic N) is 1. The zero-order chi connectivity index (χ0) is 27.1. The molecule has 4 amide bonds. The number of hydrogen-bond acceptors (Lipinski definition) is 7. The van der Waals surface area contributed by atoms with Crippen LogP contribution < -0.4 is 29.2 Å². The van der Waals surface area contributed by atoms with E-state index >= 15 is 0 Å². The Morgan fingerprint density at radius 2 is 1.50 bits per heavy atom. The zero-order valence-corrected chi connectivity index (χ0v) is 21.5. The number of urea groups is 1. The lowest BCUT2D eigenvalue weighted by molar-refractivity contribution is -0.122. The molecule has 0 aliphatic carbocycles. The Labute approximate surface area is 224 Å². The van der Waals surface area contributed by atoms with E-state index in [0.29, 0.717) is 40.2 Å². The number of hydrogen-bond donors (Lipinski definition) is 1. The topological polar surface area (TPSA) is 103 Å². The Morgan fingerprint density at radius 3 is 2.16 bits per heavy atom. The first-order valence-corrected chi connectivity index (χ1v) is 12.1. The SMILES string of the molecule is CCOc1cc(/C=C2\C(=O)NC(=O)N(c3ccc(Cl)cc3)C2=O)ccc1OCCOc1ccccc1OC. The molecule has 1 N–H and O–H groups in total. The van der Waals surface area contributed by atoms with Gasteiger partial charge in [-0.2, -0.15) is 0 Å². The normalized spacial score (nSPS) is 14.3. The maximum atomic E-state index is 13.1. The van der Waals surface area contributed by atoms with E-state index in [1.54, 1.807) is 49.6 Å². The Balaban J connectivity index is 1.50. The number of carbonyl (C=O) groups excluding carboxylic acids is 3. The molecular formula is C28H25ClN2O7. The number of benzene rings is 3. The van der Waals surface area contributed by atoms with Gasteiger partial charge in [-0.05, 0) is 67.1 Å². The van der Waals surface area contributed by atoms with E-state index in [4.69, 9.17) is 30.5 Å². The minimum atomic E-state index is -0.839. The number of rotatable bonds is 10. The molecule has 3 aromatic rings. The number of imide groups is 2. The van der Waals surface area contributed by atoms with Gasteiger partial charge in [0, 0.05) is 5.02 Å². The van der Waals surface area contributed by atoms with E-state index in [-0.39, 0.29) is 24.5 Å². The number of barbiturate groups is 1. The van der Waals surface area contributed by atoms with Crippen molar-refractivity contribution >= 4 is 41.2 Å². The molecule has 4 rings (SSSR count). The maximum Gasteiger partial charge on any atom is 0.335 e. The number of methoxy groups -OCH3 is 1. The van der Waals surface area contributed by atoms with E-state index in [9.17, 15) is 14.4 Å². The summed E-state index contributed by atoms with van der Waals surface area (Å²) in [5.74, 6) is 0.568. The highest BCUT2D eigenvalue weighted by molar-refractivity contribution is 6.39. The molecule has 1 heterocycles. The summed E-state index contributed by atoms with van der Waals surface area (Å²) in [6, 6.07) is 17.6. The molecule has 1 fully saturated rings. The van der Waals surface area contributed by atoms with E-state index in [2.05, 4.69) is 5.32 Å². The van der Waals surface area contributed by atoms with Crippen LogP contribution in [0.5, 0.6) is 23.0 Å². The maximum absolute atomic E-state index is 13.1. The monoisotopic (exact) mass is 536 g/mol. The molecule has 0 atom stereocenters. The molecular weight excluding hydrogens is 512 g/mol. The zero-order valence-electron chi connectivity index (χ0n) is 20.7. The van der Waals surface area contributed by atoms with Crippen LogP contribution >= 0.6 is 11.6 Å². The molecule has 0 bridgehead atoms. The van der Waals surface area contributed by atoms with Crippen molar-refractivity contribution in [3.63, 3.8) is 0 Å². The molecule has 38 heavy (non-hydrogen) atoms. The third kappa shape index (κ3) is 6.07. The number of halogens is 1. The van der Waals surface area contributed by atoms with Gasteiger partial charge in [-0.3, -0.25) is 14.9 Å². The van der Waals surface area contributed by atoms with E-state index in [0.717, 1.165) is 4.90 Å². The first-order valence-electron chi connectivity index (χ1n) is 11.7. The third-order valence-electron chi connectivity index (χ3n) is 5.43. The second kappa shape index (κ2) is 12.2. The second-order valence-electron chi connectivity index (χ2n) is 7.92. The van der Waals surface area contributed by atoms with Crippen LogP contribution in [0.2, 0.25) is 5.02 Å². The predicted octanol–water partition coefficient (Wildman–Crippen LogP) is 4.87. The van der Waals surface area contributed by atoms with Gasteiger partial charge in [0.15, 0.2) is 23.0 Å². The fourth-order valence-electron chi connectivity index (χ4n) is 3.69. The molecule has 1 saturated heterocycles. The molecule has 1 aliphatic heterocycles. The summed E-state index contributed by atoms with van der Waals surface area (Å²) in [5, 5.41) is 2.64. The lowest BCUT2D eigenvalue weighted by Crippen LogP contribution is -2.54. The minimum Gasteiger partial charge on any atom is -0.493 e. The van der Waals surface area contributed by atoms with Gasteiger partial charge in [0.1, 0.15) is 18.8 Å². The third-order valence-corrected chi connectivity index (χ3v) is 5.68. The van der Waals surface area contributed by atoms with Crippen LogP contribution in [0.25, 0.3) is 6.08 Å². The van der Waals surface area contributed by atoms with Crippen molar-refractivity contribution in [2.75, 3.05) is 31.8 Å². The quantitative estimate of drug-likeness (QED) is 0.224. The number of amides is 4. The number of carbonyl (C=O) groups is 3. The molecule has 0 spiro atoms. The van der Waals surface area contributed by atoms with Crippen LogP contribution in [0.3, 0.4) is 0 Å². The largest absolute Gasteiger partial charge is 0.493 e. The summed E-state index contributed by atoms with van der Waals surface area (Å²) >= 11 is 5.91. The summed E-state index contributed by atoms with van der Waals surface area (Å²) in [6.07, 6.45) is 1.39. The Hall–Kier alpha value is -4.50. The average molecular weight is 537 g/mol. The van der Waals surface area contributed by atoms with E-state index in [1.165, 1.54) is 18.2 Å². The van der Waals surface area contributed by atoms with Crippen molar-refractivity contribution < 1.29 is 33.3 Å². The van der Waals surface area contributed by atoms with Gasteiger partial charge in [0.2, 0.25) is 0 Å². The number of para-hydroxylation sites is 2. The number of nitrogens with one attached hydrogen (secondary N) is 1. The summed E-state index contributed by atoms with van der Waals surface area (Å²) in [7, 11) is 1.57. The number of ether oxygens (including phenoxy) is 4. The smallest absolute Gasteiger partial charge is 0.335 e. The van der Waals surface area contributed by atoms with E-state index < -0.39 is 17.8 Å². The van der Waals surface area contributed by atoms with Crippen molar-refractivity contribution in [1.29, 1.82) is 0 Å². The van der Waals surface area contributed by atoms with E-state index in [1.807, 2.05) is 19.1 Å². The molecule has 9 nitrogen and oxygen atoms in total. The van der Waals surface area contributed by atoms with Crippen molar-refractivity contribution in [1.82, 2.24) is 5.32 Å².